The zero-order valence-electron chi connectivity index (χ0n) is 17.9. The maximum atomic E-state index is 12.7. The van der Waals surface area contributed by atoms with Crippen LogP contribution in [0.1, 0.15) is 18.4 Å². The molecule has 2 aromatic carbocycles. The van der Waals surface area contributed by atoms with Gasteiger partial charge in [-0.2, -0.15) is 0 Å². The lowest BCUT2D eigenvalue weighted by atomic mass is 9.97. The van der Waals surface area contributed by atoms with Gasteiger partial charge >= 0.3 is 0 Å². The van der Waals surface area contributed by atoms with E-state index in [-0.39, 0.29) is 11.8 Å². The molecule has 0 aliphatic carbocycles. The Morgan fingerprint density at radius 3 is 2.75 bits per heavy atom. The second kappa shape index (κ2) is 9.00. The zero-order chi connectivity index (χ0) is 21.9. The Balaban J connectivity index is 1.25. The van der Waals surface area contributed by atoms with Crippen molar-refractivity contribution in [3.63, 3.8) is 0 Å². The van der Waals surface area contributed by atoms with Crippen LogP contribution in [0.2, 0.25) is 0 Å². The van der Waals surface area contributed by atoms with Gasteiger partial charge in [-0.3, -0.25) is 4.79 Å². The summed E-state index contributed by atoms with van der Waals surface area (Å²) in [5, 5.41) is 8.74. The molecule has 0 radical (unpaired) electrons. The van der Waals surface area contributed by atoms with E-state index >= 15 is 0 Å². The number of hydrogen-bond acceptors (Lipinski definition) is 6. The number of nitrogens with zero attached hydrogens (tertiary/aromatic N) is 4. The predicted octanol–water partition coefficient (Wildman–Crippen LogP) is 4.00. The third-order valence-corrected chi connectivity index (χ3v) is 6.77. The molecule has 0 spiro atoms. The minimum atomic E-state index is -0.0291. The Morgan fingerprint density at radius 1 is 1.19 bits per heavy atom. The van der Waals surface area contributed by atoms with E-state index in [0.717, 1.165) is 52.0 Å². The summed E-state index contributed by atoms with van der Waals surface area (Å²) in [4.78, 5) is 20.5. The number of aromatic nitrogens is 3. The van der Waals surface area contributed by atoms with E-state index in [9.17, 15) is 4.79 Å². The van der Waals surface area contributed by atoms with Crippen LogP contribution < -0.4 is 15.0 Å². The van der Waals surface area contributed by atoms with E-state index in [1.54, 1.807) is 18.4 Å². The molecule has 1 atom stereocenters. The second-order valence-electron chi connectivity index (χ2n) is 7.95. The van der Waals surface area contributed by atoms with Crippen LogP contribution in [0.3, 0.4) is 0 Å². The number of rotatable bonds is 6. The Hall–Kier alpha value is -3.39. The van der Waals surface area contributed by atoms with Crippen LogP contribution in [0.5, 0.6) is 5.75 Å². The first-order valence-corrected chi connectivity index (χ1v) is 11.6. The highest BCUT2D eigenvalue weighted by Crippen LogP contribution is 2.30. The third kappa shape index (κ3) is 4.31. The summed E-state index contributed by atoms with van der Waals surface area (Å²) in [5.41, 5.74) is 3.02. The first kappa shape index (κ1) is 20.5. The number of imidazole rings is 1. The molecule has 3 heterocycles. The van der Waals surface area contributed by atoms with Crippen molar-refractivity contribution in [3.8, 4) is 17.0 Å². The smallest absolute Gasteiger partial charge is 0.225 e. The molecule has 5 rings (SSSR count). The molecule has 4 aromatic rings. The van der Waals surface area contributed by atoms with Crippen molar-refractivity contribution in [1.82, 2.24) is 19.9 Å². The number of piperidine rings is 1. The number of benzene rings is 2. The zero-order valence-corrected chi connectivity index (χ0v) is 18.7. The van der Waals surface area contributed by atoms with Gasteiger partial charge < -0.3 is 15.0 Å². The van der Waals surface area contributed by atoms with Gasteiger partial charge in [-0.1, -0.05) is 41.7 Å². The number of hydrogen-bond donors (Lipinski definition) is 1. The molecule has 1 fully saturated rings. The third-order valence-electron chi connectivity index (χ3n) is 5.79. The van der Waals surface area contributed by atoms with Gasteiger partial charge in [0.15, 0.2) is 0 Å². The molecule has 7 nitrogen and oxygen atoms in total. The number of ether oxygens (including phenoxy) is 1. The van der Waals surface area contributed by atoms with Gasteiger partial charge in [-0.15, -0.1) is 5.10 Å². The molecule has 1 saturated heterocycles. The number of anilines is 1. The fourth-order valence-electron chi connectivity index (χ4n) is 4.01. The summed E-state index contributed by atoms with van der Waals surface area (Å²) in [7, 11) is 1.66. The fraction of sp³-hybridized carbons (Fsp3) is 0.292. The maximum absolute atomic E-state index is 12.7. The number of carbonyl (C=O) groups is 1. The van der Waals surface area contributed by atoms with Crippen molar-refractivity contribution in [2.45, 2.75) is 19.4 Å². The topological polar surface area (TPSA) is 71.8 Å². The van der Waals surface area contributed by atoms with E-state index in [1.807, 2.05) is 65.3 Å². The number of carbonyl (C=O) groups excluding carboxylic acids is 1. The molecule has 1 aliphatic rings. The van der Waals surface area contributed by atoms with Gasteiger partial charge in [0.05, 0.1) is 24.9 Å². The summed E-state index contributed by atoms with van der Waals surface area (Å²) >= 11 is 1.56. The molecule has 8 heteroatoms. The Labute approximate surface area is 190 Å². The lowest BCUT2D eigenvalue weighted by Gasteiger charge is -2.31. The molecule has 0 saturated carbocycles. The minimum Gasteiger partial charge on any atom is -0.497 e. The highest BCUT2D eigenvalue weighted by atomic mass is 32.1. The Bertz CT molecular complexity index is 1170. The van der Waals surface area contributed by atoms with Gasteiger partial charge in [0.1, 0.15) is 5.75 Å². The van der Waals surface area contributed by atoms with E-state index in [1.165, 1.54) is 0 Å². The monoisotopic (exact) mass is 447 g/mol. The van der Waals surface area contributed by atoms with Gasteiger partial charge in [0, 0.05) is 25.2 Å². The van der Waals surface area contributed by atoms with Gasteiger partial charge in [-0.05, 0) is 42.7 Å². The quantitative estimate of drug-likeness (QED) is 0.484. The van der Waals surface area contributed by atoms with Crippen LogP contribution in [0.4, 0.5) is 5.13 Å². The lowest BCUT2D eigenvalue weighted by Crippen LogP contribution is -2.43. The molecule has 1 amide bonds. The van der Waals surface area contributed by atoms with E-state index in [4.69, 9.17) is 14.8 Å². The van der Waals surface area contributed by atoms with Crippen LogP contribution in [-0.4, -0.2) is 40.7 Å². The maximum Gasteiger partial charge on any atom is 0.225 e. The number of nitrogens with one attached hydrogen (secondary N) is 1. The van der Waals surface area contributed by atoms with Crippen molar-refractivity contribution in [2.24, 2.45) is 5.92 Å². The number of fused-ring (bicyclic) bond motifs is 1. The minimum absolute atomic E-state index is 0.0291. The molecule has 1 N–H and O–H groups in total. The molecule has 2 aromatic heterocycles. The average Bonchev–Trinajstić information content (AvgIpc) is 3.43. The SMILES string of the molecule is COc1ccc(-c2cn3nc(N4CCC[C@@H](C(=O)NCc5ccccc5)C4)sc3n2)cc1. The summed E-state index contributed by atoms with van der Waals surface area (Å²) in [6.07, 6.45) is 3.83. The van der Waals surface area contributed by atoms with Crippen molar-refractivity contribution in [2.75, 3.05) is 25.1 Å². The molecule has 0 unspecified atom stereocenters. The molecule has 1 aliphatic heterocycles. The summed E-state index contributed by atoms with van der Waals surface area (Å²) < 4.78 is 7.06. The number of methoxy groups -OCH3 is 1. The Kier molecular flexibility index (Phi) is 5.77. The summed E-state index contributed by atoms with van der Waals surface area (Å²) in [6, 6.07) is 17.9. The Morgan fingerprint density at radius 2 is 2.00 bits per heavy atom. The molecule has 164 valence electrons. The normalized spacial score (nSPS) is 16.3. The first-order valence-electron chi connectivity index (χ1n) is 10.8. The van der Waals surface area contributed by atoms with E-state index in [2.05, 4.69) is 10.2 Å². The summed E-state index contributed by atoms with van der Waals surface area (Å²) in [5.74, 6) is 0.905. The first-order chi connectivity index (χ1) is 15.7. The molecule has 0 bridgehead atoms. The standard InChI is InChI=1S/C24H25N5O2S/c1-31-20-11-9-18(10-12-20)21-16-29-23(26-21)32-24(27-29)28-13-5-8-19(15-28)22(30)25-14-17-6-3-2-4-7-17/h2-4,6-7,9-12,16,19H,5,8,13-15H2,1H3,(H,25,30)/t19-/m1/s1. The van der Waals surface area contributed by atoms with Crippen molar-refractivity contribution >= 4 is 27.3 Å². The lowest BCUT2D eigenvalue weighted by molar-refractivity contribution is -0.125. The van der Waals surface area contributed by atoms with E-state index < -0.39 is 0 Å². The van der Waals surface area contributed by atoms with Crippen LogP contribution in [0, 0.1) is 5.92 Å². The van der Waals surface area contributed by atoms with Crippen LogP contribution in [0.15, 0.2) is 60.8 Å². The van der Waals surface area contributed by atoms with E-state index in [0.29, 0.717) is 13.1 Å². The van der Waals surface area contributed by atoms with Gasteiger partial charge in [-0.25, -0.2) is 9.50 Å². The van der Waals surface area contributed by atoms with Crippen molar-refractivity contribution in [3.05, 3.63) is 66.4 Å². The second-order valence-corrected chi connectivity index (χ2v) is 8.89. The average molecular weight is 448 g/mol. The molecular formula is C24H25N5O2S. The predicted molar refractivity (Wildman–Crippen MR) is 126 cm³/mol. The van der Waals surface area contributed by atoms with Crippen LogP contribution in [0.25, 0.3) is 16.2 Å². The van der Waals surface area contributed by atoms with Crippen molar-refractivity contribution in [1.29, 1.82) is 0 Å². The fourth-order valence-corrected chi connectivity index (χ4v) is 4.93. The van der Waals surface area contributed by atoms with Crippen molar-refractivity contribution < 1.29 is 9.53 Å². The van der Waals surface area contributed by atoms with Crippen LogP contribution in [-0.2, 0) is 11.3 Å². The highest BCUT2D eigenvalue weighted by Gasteiger charge is 2.27. The highest BCUT2D eigenvalue weighted by molar-refractivity contribution is 7.20. The molecule has 32 heavy (non-hydrogen) atoms. The van der Waals surface area contributed by atoms with Gasteiger partial charge in [0.25, 0.3) is 0 Å². The molecular weight excluding hydrogens is 422 g/mol. The van der Waals surface area contributed by atoms with Crippen LogP contribution >= 0.6 is 11.3 Å². The summed E-state index contributed by atoms with van der Waals surface area (Å²) in [6.45, 7) is 2.16. The largest absolute Gasteiger partial charge is 0.497 e. The number of amides is 1. The van der Waals surface area contributed by atoms with Gasteiger partial charge in [0.2, 0.25) is 16.0 Å².